The van der Waals surface area contributed by atoms with Crippen LogP contribution in [0.5, 0.6) is 0 Å². The summed E-state index contributed by atoms with van der Waals surface area (Å²) in [5, 5.41) is 6.88. The molecule has 4 heterocycles. The molecule has 0 aliphatic heterocycles. The maximum Gasteiger partial charge on any atom is 0.164 e. The molecule has 9 aromatic carbocycles. The molecule has 0 amide bonds. The van der Waals surface area contributed by atoms with Crippen molar-refractivity contribution in [3.8, 4) is 56.4 Å². The Hall–Kier alpha value is -8.54. The minimum absolute atomic E-state index is 0.605. The molecule has 0 atom stereocenters. The number of hydrogen-bond acceptors (Lipinski definition) is 3. The minimum atomic E-state index is 0.605. The van der Waals surface area contributed by atoms with Gasteiger partial charge in [-0.25, -0.2) is 9.97 Å². The molecule has 5 nitrogen and oxygen atoms in total. The van der Waals surface area contributed by atoms with Crippen molar-refractivity contribution in [1.82, 2.24) is 19.1 Å². The zero-order chi connectivity index (χ0) is 41.4. The lowest BCUT2D eigenvalue weighted by Gasteiger charge is -2.19. The van der Waals surface area contributed by atoms with Gasteiger partial charge in [0.1, 0.15) is 11.2 Å². The van der Waals surface area contributed by atoms with Crippen LogP contribution in [0.4, 0.5) is 0 Å². The Morgan fingerprint density at radius 3 is 1.43 bits per heavy atom. The van der Waals surface area contributed by atoms with Crippen molar-refractivity contribution >= 4 is 65.6 Å². The largest absolute Gasteiger partial charge is 0.455 e. The SMILES string of the molecule is c1ccc(-c2nc(-c3cccc4c3oc3ccccc34)nc(-c3ccccc3)c2-n2c3ccccc3c3cc(-c4ccc5c(c4)c4ccccc4n5-c4ccccc4)ccc32)cc1. The summed E-state index contributed by atoms with van der Waals surface area (Å²) < 4.78 is 11.3. The van der Waals surface area contributed by atoms with Crippen molar-refractivity contribution < 1.29 is 4.42 Å². The summed E-state index contributed by atoms with van der Waals surface area (Å²) in [6.07, 6.45) is 0. The third-order valence-corrected chi connectivity index (χ3v) is 12.5. The Bertz CT molecular complexity index is 3840. The Kier molecular flexibility index (Phi) is 7.84. The first-order valence-electron chi connectivity index (χ1n) is 21.3. The van der Waals surface area contributed by atoms with Gasteiger partial charge in [-0.15, -0.1) is 0 Å². The molecule has 63 heavy (non-hydrogen) atoms. The molecular formula is C58H36N4O. The lowest BCUT2D eigenvalue weighted by atomic mass is 10.0. The maximum atomic E-state index is 6.57. The van der Waals surface area contributed by atoms with Crippen molar-refractivity contribution in [1.29, 1.82) is 0 Å². The van der Waals surface area contributed by atoms with Crippen LogP contribution in [0.2, 0.25) is 0 Å². The van der Waals surface area contributed by atoms with E-state index in [1.54, 1.807) is 0 Å². The lowest BCUT2D eigenvalue weighted by molar-refractivity contribution is 0.669. The number of fused-ring (bicyclic) bond motifs is 9. The van der Waals surface area contributed by atoms with E-state index in [-0.39, 0.29) is 0 Å². The fraction of sp³-hybridized carbons (Fsp3) is 0. The Morgan fingerprint density at radius 2 is 0.810 bits per heavy atom. The Labute approximate surface area is 362 Å². The van der Waals surface area contributed by atoms with Crippen LogP contribution in [0.25, 0.3) is 122 Å². The first-order valence-corrected chi connectivity index (χ1v) is 21.3. The number of hydrogen-bond donors (Lipinski definition) is 0. The second-order valence-corrected chi connectivity index (χ2v) is 16.1. The molecule has 294 valence electrons. The van der Waals surface area contributed by atoms with Crippen molar-refractivity contribution in [2.45, 2.75) is 0 Å². The first kappa shape index (κ1) is 35.2. The summed E-state index contributed by atoms with van der Waals surface area (Å²) in [6.45, 7) is 0. The molecule has 5 heteroatoms. The Morgan fingerprint density at radius 1 is 0.333 bits per heavy atom. The molecule has 0 radical (unpaired) electrons. The molecule has 0 saturated heterocycles. The van der Waals surface area contributed by atoms with Crippen LogP contribution < -0.4 is 0 Å². The highest BCUT2D eigenvalue weighted by Crippen LogP contribution is 2.44. The van der Waals surface area contributed by atoms with E-state index < -0.39 is 0 Å². The average molecular weight is 805 g/mol. The van der Waals surface area contributed by atoms with Gasteiger partial charge in [0.25, 0.3) is 0 Å². The molecule has 4 aromatic heterocycles. The molecule has 0 spiro atoms. The van der Waals surface area contributed by atoms with Gasteiger partial charge in [0.2, 0.25) is 0 Å². The number of benzene rings is 9. The fourth-order valence-corrected chi connectivity index (χ4v) is 9.71. The highest BCUT2D eigenvalue weighted by Gasteiger charge is 2.25. The van der Waals surface area contributed by atoms with Crippen molar-refractivity contribution in [2.75, 3.05) is 0 Å². The summed E-state index contributed by atoms with van der Waals surface area (Å²) >= 11 is 0. The third kappa shape index (κ3) is 5.50. The van der Waals surface area contributed by atoms with Gasteiger partial charge in [-0.2, -0.15) is 0 Å². The van der Waals surface area contributed by atoms with Gasteiger partial charge in [0.15, 0.2) is 5.82 Å². The lowest BCUT2D eigenvalue weighted by Crippen LogP contribution is -2.06. The smallest absolute Gasteiger partial charge is 0.164 e. The van der Waals surface area contributed by atoms with Crippen LogP contribution in [0.3, 0.4) is 0 Å². The molecule has 0 unspecified atom stereocenters. The molecule has 13 aromatic rings. The number of aromatic nitrogens is 4. The van der Waals surface area contributed by atoms with Gasteiger partial charge in [-0.1, -0.05) is 158 Å². The molecular weight excluding hydrogens is 769 g/mol. The maximum absolute atomic E-state index is 6.57. The van der Waals surface area contributed by atoms with Crippen LogP contribution in [0.15, 0.2) is 223 Å². The third-order valence-electron chi connectivity index (χ3n) is 12.5. The summed E-state index contributed by atoms with van der Waals surface area (Å²) in [5.74, 6) is 0.605. The van der Waals surface area contributed by atoms with Crippen LogP contribution >= 0.6 is 0 Å². The summed E-state index contributed by atoms with van der Waals surface area (Å²) in [5.41, 5.74) is 15.0. The van der Waals surface area contributed by atoms with Crippen LogP contribution in [0, 0.1) is 0 Å². The average Bonchev–Trinajstić information content (AvgIpc) is 4.02. The van der Waals surface area contributed by atoms with Crippen LogP contribution in [-0.2, 0) is 0 Å². The van der Waals surface area contributed by atoms with Gasteiger partial charge in [0.05, 0.1) is 44.7 Å². The molecule has 0 aliphatic carbocycles. The van der Waals surface area contributed by atoms with E-state index in [1.807, 2.05) is 12.1 Å². The van der Waals surface area contributed by atoms with E-state index in [0.717, 1.165) is 88.8 Å². The van der Waals surface area contributed by atoms with Crippen molar-refractivity contribution in [3.05, 3.63) is 218 Å². The number of nitrogens with zero attached hydrogens (tertiary/aromatic N) is 4. The molecule has 0 saturated carbocycles. The van der Waals surface area contributed by atoms with Gasteiger partial charge >= 0.3 is 0 Å². The predicted octanol–water partition coefficient (Wildman–Crippen LogP) is 15.2. The van der Waals surface area contributed by atoms with E-state index >= 15 is 0 Å². The predicted molar refractivity (Wildman–Crippen MR) is 260 cm³/mol. The van der Waals surface area contributed by atoms with E-state index in [0.29, 0.717) is 5.82 Å². The van der Waals surface area contributed by atoms with Crippen molar-refractivity contribution in [3.63, 3.8) is 0 Å². The standard InChI is InChI=1S/C58H36N4O/c1-4-17-37(18-5-1)54-56(55(38-19-6-2-7-20-38)60-58(59-54)46-27-16-26-45-44-25-12-15-30-53(44)63-57(45)46)62-50-29-14-11-24-43(50)48-36-40(32-34-52(48)62)39-31-33-51-47(35-39)42-23-10-13-28-49(42)61(51)41-21-8-3-9-22-41/h1-36H. The minimum Gasteiger partial charge on any atom is -0.455 e. The van der Waals surface area contributed by atoms with E-state index in [9.17, 15) is 0 Å². The van der Waals surface area contributed by atoms with Gasteiger partial charge in [-0.3, -0.25) is 0 Å². The summed E-state index contributed by atoms with van der Waals surface area (Å²) in [7, 11) is 0. The number of para-hydroxylation sites is 5. The molecule has 0 aliphatic rings. The van der Waals surface area contributed by atoms with Crippen molar-refractivity contribution in [2.24, 2.45) is 0 Å². The topological polar surface area (TPSA) is 48.8 Å². The highest BCUT2D eigenvalue weighted by atomic mass is 16.3. The van der Waals surface area contributed by atoms with Gasteiger partial charge in [-0.05, 0) is 71.8 Å². The molecule has 13 rings (SSSR count). The first-order chi connectivity index (χ1) is 31.3. The fourth-order valence-electron chi connectivity index (χ4n) is 9.71. The Balaban J connectivity index is 1.06. The monoisotopic (exact) mass is 804 g/mol. The van der Waals surface area contributed by atoms with E-state index in [1.165, 1.54) is 27.4 Å². The number of furan rings is 1. The van der Waals surface area contributed by atoms with E-state index in [4.69, 9.17) is 14.4 Å². The second kappa shape index (κ2) is 14.0. The second-order valence-electron chi connectivity index (χ2n) is 16.1. The van der Waals surface area contributed by atoms with Gasteiger partial charge < -0.3 is 13.6 Å². The van der Waals surface area contributed by atoms with Crippen LogP contribution in [-0.4, -0.2) is 19.1 Å². The normalized spacial score (nSPS) is 11.8. The summed E-state index contributed by atoms with van der Waals surface area (Å²) in [4.78, 5) is 11.1. The quantitative estimate of drug-likeness (QED) is 0.168. The number of rotatable bonds is 6. The van der Waals surface area contributed by atoms with E-state index in [2.05, 4.69) is 215 Å². The van der Waals surface area contributed by atoms with Crippen LogP contribution in [0.1, 0.15) is 0 Å². The molecule has 0 fully saturated rings. The molecule has 0 N–H and O–H groups in total. The highest BCUT2D eigenvalue weighted by molar-refractivity contribution is 6.14. The van der Waals surface area contributed by atoms with Gasteiger partial charge in [0, 0.05) is 49.1 Å². The summed E-state index contributed by atoms with van der Waals surface area (Å²) in [6, 6.07) is 77.2. The zero-order valence-electron chi connectivity index (χ0n) is 34.0. The zero-order valence-corrected chi connectivity index (χ0v) is 34.0. The molecule has 0 bridgehead atoms.